The molecule has 0 aliphatic heterocycles. The van der Waals surface area contributed by atoms with Crippen LogP contribution in [0.15, 0.2) is 18.2 Å². The van der Waals surface area contributed by atoms with Gasteiger partial charge in [0.05, 0.1) is 6.10 Å². The quantitative estimate of drug-likeness (QED) is 0.779. The number of nitrogens with zero attached hydrogens (tertiary/aromatic N) is 1. The molecule has 0 aliphatic rings. The highest BCUT2D eigenvalue weighted by atomic mass is 16.3. The maximum absolute atomic E-state index is 9.76. The summed E-state index contributed by atoms with van der Waals surface area (Å²) in [5.74, 6) is 1.15. The van der Waals surface area contributed by atoms with Gasteiger partial charge in [0.2, 0.25) is 0 Å². The van der Waals surface area contributed by atoms with Gasteiger partial charge in [-0.25, -0.2) is 4.98 Å². The van der Waals surface area contributed by atoms with Crippen LogP contribution in [0.3, 0.4) is 0 Å². The zero-order valence-electron chi connectivity index (χ0n) is 9.70. The minimum atomic E-state index is -0.308. The van der Waals surface area contributed by atoms with E-state index < -0.39 is 0 Å². The Balaban J connectivity index is 2.43. The van der Waals surface area contributed by atoms with E-state index in [-0.39, 0.29) is 6.10 Å². The summed E-state index contributed by atoms with van der Waals surface area (Å²) in [4.78, 5) is 4.31. The summed E-state index contributed by atoms with van der Waals surface area (Å²) in [6, 6.07) is 5.83. The molecule has 0 aliphatic carbocycles. The lowest BCUT2D eigenvalue weighted by molar-refractivity contribution is 0.126. The smallest absolute Gasteiger partial charge is 0.126 e. The number of aliphatic hydroxyl groups excluding tert-OH is 1. The van der Waals surface area contributed by atoms with Crippen molar-refractivity contribution in [3.8, 4) is 0 Å². The molecule has 0 unspecified atom stereocenters. The number of aliphatic hydroxyl groups is 1. The topological polar surface area (TPSA) is 45.1 Å². The van der Waals surface area contributed by atoms with Crippen molar-refractivity contribution in [1.29, 1.82) is 0 Å². The van der Waals surface area contributed by atoms with E-state index in [0.29, 0.717) is 12.5 Å². The molecule has 15 heavy (non-hydrogen) atoms. The minimum Gasteiger partial charge on any atom is -0.391 e. The third-order valence-electron chi connectivity index (χ3n) is 2.68. The molecule has 0 amide bonds. The standard InChI is InChI=1S/C12H20N2O/c1-4-9(2)11(15)8-13-12-7-5-6-10(3)14-12/h5-7,9,11,15H,4,8H2,1-3H3,(H,13,14)/t9-,11+/m1/s1. The second-order valence-electron chi connectivity index (χ2n) is 4.00. The van der Waals surface area contributed by atoms with Gasteiger partial charge in [0.25, 0.3) is 0 Å². The molecule has 1 heterocycles. The average molecular weight is 208 g/mol. The summed E-state index contributed by atoms with van der Waals surface area (Å²) in [5.41, 5.74) is 0.984. The van der Waals surface area contributed by atoms with Crippen molar-refractivity contribution in [1.82, 2.24) is 4.98 Å². The molecule has 3 nitrogen and oxygen atoms in total. The van der Waals surface area contributed by atoms with Crippen LogP contribution >= 0.6 is 0 Å². The first-order valence-electron chi connectivity index (χ1n) is 5.49. The van der Waals surface area contributed by atoms with Crippen LogP contribution in [0.4, 0.5) is 5.82 Å². The molecule has 0 fully saturated rings. The number of aromatic nitrogens is 1. The fraction of sp³-hybridized carbons (Fsp3) is 0.583. The van der Waals surface area contributed by atoms with Crippen molar-refractivity contribution in [3.63, 3.8) is 0 Å². The summed E-state index contributed by atoms with van der Waals surface area (Å²) in [6.07, 6.45) is 0.682. The van der Waals surface area contributed by atoms with Gasteiger partial charge in [0.15, 0.2) is 0 Å². The molecule has 0 bridgehead atoms. The number of nitrogens with one attached hydrogen (secondary N) is 1. The number of pyridine rings is 1. The van der Waals surface area contributed by atoms with Gasteiger partial charge in [-0.15, -0.1) is 0 Å². The molecule has 1 aromatic rings. The summed E-state index contributed by atoms with van der Waals surface area (Å²) in [6.45, 7) is 6.65. The fourth-order valence-corrected chi connectivity index (χ4v) is 1.32. The normalized spacial score (nSPS) is 14.7. The first-order valence-corrected chi connectivity index (χ1v) is 5.49. The molecule has 0 saturated heterocycles. The SMILES string of the molecule is CC[C@@H](C)[C@@H](O)CNc1cccc(C)n1. The van der Waals surface area contributed by atoms with Crippen LogP contribution in [0, 0.1) is 12.8 Å². The Morgan fingerprint density at radius 1 is 1.47 bits per heavy atom. The second-order valence-corrected chi connectivity index (χ2v) is 4.00. The van der Waals surface area contributed by atoms with E-state index >= 15 is 0 Å². The Hall–Kier alpha value is -1.09. The molecule has 3 heteroatoms. The van der Waals surface area contributed by atoms with Gasteiger partial charge in [-0.3, -0.25) is 0 Å². The van der Waals surface area contributed by atoms with E-state index in [9.17, 15) is 5.11 Å². The molecule has 0 aromatic carbocycles. The van der Waals surface area contributed by atoms with E-state index in [0.717, 1.165) is 17.9 Å². The first-order chi connectivity index (χ1) is 7.13. The Morgan fingerprint density at radius 3 is 2.80 bits per heavy atom. The third kappa shape index (κ3) is 3.88. The molecule has 0 radical (unpaired) electrons. The zero-order chi connectivity index (χ0) is 11.3. The van der Waals surface area contributed by atoms with Crippen LogP contribution < -0.4 is 5.32 Å². The molecule has 0 saturated carbocycles. The largest absolute Gasteiger partial charge is 0.391 e. The predicted octanol–water partition coefficient (Wildman–Crippen LogP) is 2.21. The highest BCUT2D eigenvalue weighted by molar-refractivity contribution is 5.35. The summed E-state index contributed by atoms with van der Waals surface area (Å²) >= 11 is 0. The molecule has 0 spiro atoms. The maximum atomic E-state index is 9.76. The van der Waals surface area contributed by atoms with Gasteiger partial charge in [-0.1, -0.05) is 26.3 Å². The highest BCUT2D eigenvalue weighted by Gasteiger charge is 2.11. The van der Waals surface area contributed by atoms with Crippen molar-refractivity contribution in [2.24, 2.45) is 5.92 Å². The molecule has 1 aromatic heterocycles. The van der Waals surface area contributed by atoms with E-state index in [1.807, 2.05) is 25.1 Å². The number of hydrogen-bond donors (Lipinski definition) is 2. The molecule has 84 valence electrons. The van der Waals surface area contributed by atoms with Crippen LogP contribution in [0.2, 0.25) is 0 Å². The van der Waals surface area contributed by atoms with Gasteiger partial charge < -0.3 is 10.4 Å². The maximum Gasteiger partial charge on any atom is 0.126 e. The average Bonchev–Trinajstić information content (AvgIpc) is 2.25. The van der Waals surface area contributed by atoms with Crippen LogP contribution in [0.5, 0.6) is 0 Å². The zero-order valence-corrected chi connectivity index (χ0v) is 9.70. The van der Waals surface area contributed by atoms with Gasteiger partial charge in [-0.05, 0) is 25.0 Å². The lowest BCUT2D eigenvalue weighted by atomic mass is 10.0. The summed E-state index contributed by atoms with van der Waals surface area (Å²) < 4.78 is 0. The van der Waals surface area contributed by atoms with Crippen molar-refractivity contribution < 1.29 is 5.11 Å². The fourth-order valence-electron chi connectivity index (χ4n) is 1.32. The van der Waals surface area contributed by atoms with Crippen molar-refractivity contribution in [2.75, 3.05) is 11.9 Å². The predicted molar refractivity (Wildman–Crippen MR) is 62.9 cm³/mol. The Labute approximate surface area is 91.5 Å². The molecular weight excluding hydrogens is 188 g/mol. The van der Waals surface area contributed by atoms with Gasteiger partial charge >= 0.3 is 0 Å². The summed E-state index contributed by atoms with van der Waals surface area (Å²) in [5, 5.41) is 12.9. The highest BCUT2D eigenvalue weighted by Crippen LogP contribution is 2.09. The molecule has 2 N–H and O–H groups in total. The molecule has 2 atom stereocenters. The summed E-state index contributed by atoms with van der Waals surface area (Å²) in [7, 11) is 0. The Bertz CT molecular complexity index is 301. The van der Waals surface area contributed by atoms with Gasteiger partial charge in [0.1, 0.15) is 5.82 Å². The van der Waals surface area contributed by atoms with E-state index in [1.54, 1.807) is 0 Å². The Morgan fingerprint density at radius 2 is 2.20 bits per heavy atom. The van der Waals surface area contributed by atoms with Crippen LogP contribution in [0.25, 0.3) is 0 Å². The van der Waals surface area contributed by atoms with Crippen LogP contribution in [0.1, 0.15) is 26.0 Å². The van der Waals surface area contributed by atoms with E-state index in [1.165, 1.54) is 0 Å². The number of anilines is 1. The lowest BCUT2D eigenvalue weighted by Crippen LogP contribution is -2.26. The lowest BCUT2D eigenvalue weighted by Gasteiger charge is -2.17. The van der Waals surface area contributed by atoms with E-state index in [4.69, 9.17) is 0 Å². The first kappa shape index (κ1) is 12.0. The Kier molecular flexibility index (Phi) is 4.56. The van der Waals surface area contributed by atoms with E-state index in [2.05, 4.69) is 24.1 Å². The van der Waals surface area contributed by atoms with Gasteiger partial charge in [0, 0.05) is 12.2 Å². The number of rotatable bonds is 5. The minimum absolute atomic E-state index is 0.308. The van der Waals surface area contributed by atoms with Gasteiger partial charge in [-0.2, -0.15) is 0 Å². The number of hydrogen-bond acceptors (Lipinski definition) is 3. The number of aryl methyl sites for hydroxylation is 1. The van der Waals surface area contributed by atoms with Crippen molar-refractivity contribution in [2.45, 2.75) is 33.3 Å². The van der Waals surface area contributed by atoms with Crippen LogP contribution in [-0.2, 0) is 0 Å². The molecule has 1 rings (SSSR count). The third-order valence-corrected chi connectivity index (χ3v) is 2.68. The van der Waals surface area contributed by atoms with Crippen LogP contribution in [-0.4, -0.2) is 22.7 Å². The van der Waals surface area contributed by atoms with Crippen molar-refractivity contribution >= 4 is 5.82 Å². The second kappa shape index (κ2) is 5.71. The monoisotopic (exact) mass is 208 g/mol. The molecular formula is C12H20N2O. The van der Waals surface area contributed by atoms with Crippen molar-refractivity contribution in [3.05, 3.63) is 23.9 Å².